The summed E-state index contributed by atoms with van der Waals surface area (Å²) in [6.45, 7) is 6.27. The van der Waals surface area contributed by atoms with Crippen LogP contribution in [-0.4, -0.2) is 16.5 Å². The van der Waals surface area contributed by atoms with E-state index in [9.17, 15) is 5.11 Å². The molecule has 0 heterocycles. The minimum Gasteiger partial charge on any atom is -0.507 e. The molecule has 0 amide bonds. The number of phenolic OH excluding ortho intramolecular Hbond substituents is 1. The largest absolute Gasteiger partial charge is 0.507 e. The first-order valence-electron chi connectivity index (χ1n) is 7.48. The monoisotopic (exact) mass is 275 g/mol. The van der Waals surface area contributed by atoms with Gasteiger partial charge in [0.2, 0.25) is 0 Å². The Morgan fingerprint density at radius 1 is 1.15 bits per heavy atom. The van der Waals surface area contributed by atoms with Crippen molar-refractivity contribution < 1.29 is 10.3 Å². The average molecular weight is 275 g/mol. The fourth-order valence-electron chi connectivity index (χ4n) is 3.08. The molecule has 1 aromatic rings. The van der Waals surface area contributed by atoms with Gasteiger partial charge < -0.3 is 10.3 Å². The smallest absolute Gasteiger partial charge is 0.128 e. The molecule has 2 N–H and O–H groups in total. The first kappa shape index (κ1) is 14.9. The van der Waals surface area contributed by atoms with Crippen LogP contribution in [0.2, 0.25) is 0 Å². The first-order chi connectivity index (χ1) is 9.43. The van der Waals surface area contributed by atoms with Gasteiger partial charge in [0.1, 0.15) is 5.75 Å². The summed E-state index contributed by atoms with van der Waals surface area (Å²) >= 11 is 0. The van der Waals surface area contributed by atoms with E-state index in [0.717, 1.165) is 5.56 Å². The molecule has 1 saturated carbocycles. The molecule has 0 aromatic heterocycles. The summed E-state index contributed by atoms with van der Waals surface area (Å²) in [6, 6.07) is 4.11. The highest BCUT2D eigenvalue weighted by molar-refractivity contribution is 5.84. The third-order valence-electron chi connectivity index (χ3n) is 4.24. The van der Waals surface area contributed by atoms with E-state index in [1.54, 1.807) is 0 Å². The highest BCUT2D eigenvalue weighted by Crippen LogP contribution is 2.39. The fourth-order valence-corrected chi connectivity index (χ4v) is 3.08. The highest BCUT2D eigenvalue weighted by Gasteiger charge is 2.24. The van der Waals surface area contributed by atoms with Crippen LogP contribution in [0.15, 0.2) is 17.3 Å². The van der Waals surface area contributed by atoms with Gasteiger partial charge >= 0.3 is 0 Å². The molecule has 3 nitrogen and oxygen atoms in total. The summed E-state index contributed by atoms with van der Waals surface area (Å²) < 4.78 is 0. The van der Waals surface area contributed by atoms with Crippen molar-refractivity contribution in [3.63, 3.8) is 0 Å². The Morgan fingerprint density at radius 3 is 2.35 bits per heavy atom. The zero-order valence-electron chi connectivity index (χ0n) is 12.7. The number of oxime groups is 1. The minimum absolute atomic E-state index is 0.132. The molecule has 1 fully saturated rings. The van der Waals surface area contributed by atoms with E-state index in [-0.39, 0.29) is 11.2 Å². The van der Waals surface area contributed by atoms with Gasteiger partial charge in [-0.25, -0.2) is 0 Å². The van der Waals surface area contributed by atoms with Crippen LogP contribution in [0, 0.1) is 0 Å². The van der Waals surface area contributed by atoms with Crippen molar-refractivity contribution in [3.05, 3.63) is 28.8 Å². The number of hydrogen-bond donors (Lipinski definition) is 2. The molecule has 110 valence electrons. The third kappa shape index (κ3) is 3.14. The summed E-state index contributed by atoms with van der Waals surface area (Å²) in [7, 11) is 0. The SMILES string of the molecule is CC(C)(C)c1cc(C2CCCCC2)cc(/C=N\O)c1O. The van der Waals surface area contributed by atoms with E-state index in [0.29, 0.717) is 11.5 Å². The maximum absolute atomic E-state index is 10.4. The average Bonchev–Trinajstić information content (AvgIpc) is 2.41. The normalized spacial score (nSPS) is 17.8. The molecule has 0 spiro atoms. The molecule has 3 heteroatoms. The minimum atomic E-state index is -0.132. The predicted molar refractivity (Wildman–Crippen MR) is 82.0 cm³/mol. The Balaban J connectivity index is 2.49. The fraction of sp³-hybridized carbons (Fsp3) is 0.588. The van der Waals surface area contributed by atoms with Gasteiger partial charge in [0, 0.05) is 11.1 Å². The van der Waals surface area contributed by atoms with Crippen molar-refractivity contribution in [1.82, 2.24) is 0 Å². The lowest BCUT2D eigenvalue weighted by molar-refractivity contribution is 0.321. The molecule has 1 aliphatic carbocycles. The second-order valence-corrected chi connectivity index (χ2v) is 6.84. The van der Waals surface area contributed by atoms with Crippen LogP contribution >= 0.6 is 0 Å². The van der Waals surface area contributed by atoms with E-state index >= 15 is 0 Å². The van der Waals surface area contributed by atoms with Gasteiger partial charge in [-0.1, -0.05) is 51.3 Å². The maximum atomic E-state index is 10.4. The second kappa shape index (κ2) is 5.86. The van der Waals surface area contributed by atoms with Gasteiger partial charge in [0.15, 0.2) is 0 Å². The second-order valence-electron chi connectivity index (χ2n) is 6.84. The number of aromatic hydroxyl groups is 1. The van der Waals surface area contributed by atoms with Crippen LogP contribution in [0.5, 0.6) is 5.75 Å². The van der Waals surface area contributed by atoms with E-state index < -0.39 is 0 Å². The zero-order chi connectivity index (χ0) is 14.8. The molecule has 1 aromatic carbocycles. The topological polar surface area (TPSA) is 52.8 Å². The molecular formula is C17H25NO2. The van der Waals surface area contributed by atoms with Gasteiger partial charge in [-0.3, -0.25) is 0 Å². The summed E-state index contributed by atoms with van der Waals surface area (Å²) in [5.41, 5.74) is 2.67. The van der Waals surface area contributed by atoms with Crippen LogP contribution in [-0.2, 0) is 5.41 Å². The van der Waals surface area contributed by atoms with Crippen LogP contribution < -0.4 is 0 Å². The lowest BCUT2D eigenvalue weighted by Gasteiger charge is -2.27. The van der Waals surface area contributed by atoms with E-state index in [4.69, 9.17) is 5.21 Å². The van der Waals surface area contributed by atoms with Gasteiger partial charge in [-0.05, 0) is 35.8 Å². The summed E-state index contributed by atoms with van der Waals surface area (Å²) in [6.07, 6.45) is 7.64. The van der Waals surface area contributed by atoms with Crippen LogP contribution in [0.1, 0.15) is 75.5 Å². The van der Waals surface area contributed by atoms with Crippen molar-refractivity contribution in [2.24, 2.45) is 5.16 Å². The number of benzene rings is 1. The molecule has 2 rings (SSSR count). The van der Waals surface area contributed by atoms with E-state index in [1.807, 2.05) is 6.07 Å². The molecule has 0 unspecified atom stereocenters. The van der Waals surface area contributed by atoms with Crippen molar-refractivity contribution in [1.29, 1.82) is 0 Å². The molecule has 1 aliphatic rings. The van der Waals surface area contributed by atoms with Gasteiger partial charge in [0.25, 0.3) is 0 Å². The maximum Gasteiger partial charge on any atom is 0.128 e. The summed E-state index contributed by atoms with van der Waals surface area (Å²) in [5, 5.41) is 22.3. The van der Waals surface area contributed by atoms with Crippen LogP contribution in [0.3, 0.4) is 0 Å². The Morgan fingerprint density at radius 2 is 1.80 bits per heavy atom. The van der Waals surface area contributed by atoms with Crippen molar-refractivity contribution in [2.45, 2.75) is 64.2 Å². The van der Waals surface area contributed by atoms with Crippen molar-refractivity contribution in [2.75, 3.05) is 0 Å². The lowest BCUT2D eigenvalue weighted by Crippen LogP contribution is -2.14. The standard InChI is InChI=1S/C17H25NO2/c1-17(2,3)15-10-13(12-7-5-4-6-8-12)9-14(11-18-20)16(15)19/h9-12,19-20H,4-8H2,1-3H3/b18-11-. The summed E-state index contributed by atoms with van der Waals surface area (Å²) in [5.74, 6) is 0.797. The Labute approximate surface area is 121 Å². The highest BCUT2D eigenvalue weighted by atomic mass is 16.4. The number of nitrogens with zero attached hydrogens (tertiary/aromatic N) is 1. The first-order valence-corrected chi connectivity index (χ1v) is 7.48. The molecule has 0 aliphatic heterocycles. The lowest BCUT2D eigenvalue weighted by atomic mass is 9.79. The number of phenols is 1. The quantitative estimate of drug-likeness (QED) is 0.473. The van der Waals surface area contributed by atoms with E-state index in [2.05, 4.69) is 32.0 Å². The summed E-state index contributed by atoms with van der Waals surface area (Å²) in [4.78, 5) is 0. The Bertz CT molecular complexity index is 494. The predicted octanol–water partition coefficient (Wildman–Crippen LogP) is 4.55. The van der Waals surface area contributed by atoms with Gasteiger partial charge in [-0.2, -0.15) is 0 Å². The number of rotatable bonds is 2. The van der Waals surface area contributed by atoms with Crippen molar-refractivity contribution in [3.8, 4) is 5.75 Å². The van der Waals surface area contributed by atoms with Crippen LogP contribution in [0.25, 0.3) is 0 Å². The molecule has 0 saturated heterocycles. The molecule has 20 heavy (non-hydrogen) atoms. The molecule has 0 radical (unpaired) electrons. The van der Waals surface area contributed by atoms with Crippen molar-refractivity contribution >= 4 is 6.21 Å². The van der Waals surface area contributed by atoms with Gasteiger partial charge in [0.05, 0.1) is 6.21 Å². The Hall–Kier alpha value is -1.51. The molecular weight excluding hydrogens is 250 g/mol. The zero-order valence-corrected chi connectivity index (χ0v) is 12.7. The van der Waals surface area contributed by atoms with Crippen LogP contribution in [0.4, 0.5) is 0 Å². The molecule has 0 bridgehead atoms. The Kier molecular flexibility index (Phi) is 4.36. The van der Waals surface area contributed by atoms with Gasteiger partial charge in [-0.15, -0.1) is 0 Å². The molecule has 0 atom stereocenters. The third-order valence-corrected chi connectivity index (χ3v) is 4.24. The van der Waals surface area contributed by atoms with E-state index in [1.165, 1.54) is 43.9 Å². The number of hydrogen-bond acceptors (Lipinski definition) is 3.